The lowest BCUT2D eigenvalue weighted by Gasteiger charge is -2.28. The maximum absolute atomic E-state index is 12.4. The first-order chi connectivity index (χ1) is 13.6. The summed E-state index contributed by atoms with van der Waals surface area (Å²) in [6, 6.07) is 16.0. The molecule has 28 heavy (non-hydrogen) atoms. The SMILES string of the molecule is CN(CC(=O)Nc1ccc(N2CCOCC2)cc1)C(=O)c1ccc(C#N)cc1. The zero-order valence-electron chi connectivity index (χ0n) is 15.7. The van der Waals surface area contributed by atoms with E-state index in [0.717, 1.165) is 32.0 Å². The first kappa shape index (κ1) is 19.4. The van der Waals surface area contributed by atoms with Gasteiger partial charge in [-0.3, -0.25) is 9.59 Å². The van der Waals surface area contributed by atoms with E-state index >= 15 is 0 Å². The van der Waals surface area contributed by atoms with Crippen LogP contribution in [0.25, 0.3) is 0 Å². The first-order valence-corrected chi connectivity index (χ1v) is 9.05. The molecule has 1 saturated heterocycles. The normalized spacial score (nSPS) is 13.5. The summed E-state index contributed by atoms with van der Waals surface area (Å²) in [7, 11) is 1.57. The number of ether oxygens (including phenoxy) is 1. The number of likely N-dealkylation sites (N-methyl/N-ethyl adjacent to an activating group) is 1. The van der Waals surface area contributed by atoms with Crippen molar-refractivity contribution in [3.8, 4) is 6.07 Å². The molecule has 2 aromatic rings. The van der Waals surface area contributed by atoms with Gasteiger partial charge in [0.2, 0.25) is 5.91 Å². The van der Waals surface area contributed by atoms with Crippen LogP contribution in [0.1, 0.15) is 15.9 Å². The van der Waals surface area contributed by atoms with E-state index in [1.54, 1.807) is 31.3 Å². The summed E-state index contributed by atoms with van der Waals surface area (Å²) in [5, 5.41) is 11.6. The highest BCUT2D eigenvalue weighted by Crippen LogP contribution is 2.19. The minimum atomic E-state index is -0.276. The largest absolute Gasteiger partial charge is 0.378 e. The van der Waals surface area contributed by atoms with E-state index in [0.29, 0.717) is 16.8 Å². The molecule has 2 aromatic carbocycles. The molecular weight excluding hydrogens is 356 g/mol. The van der Waals surface area contributed by atoms with E-state index in [2.05, 4.69) is 10.2 Å². The molecule has 0 saturated carbocycles. The maximum atomic E-state index is 12.4. The van der Waals surface area contributed by atoms with Gasteiger partial charge in [-0.15, -0.1) is 0 Å². The number of carbonyl (C=O) groups is 2. The fourth-order valence-electron chi connectivity index (χ4n) is 2.97. The van der Waals surface area contributed by atoms with Gasteiger partial charge in [0.15, 0.2) is 0 Å². The lowest BCUT2D eigenvalue weighted by atomic mass is 10.1. The number of anilines is 2. The van der Waals surface area contributed by atoms with E-state index in [4.69, 9.17) is 10.00 Å². The van der Waals surface area contributed by atoms with Crippen LogP contribution < -0.4 is 10.2 Å². The van der Waals surface area contributed by atoms with Gasteiger partial charge in [0.25, 0.3) is 5.91 Å². The molecule has 1 fully saturated rings. The summed E-state index contributed by atoms with van der Waals surface area (Å²) >= 11 is 0. The van der Waals surface area contributed by atoms with Crippen LogP contribution in [-0.4, -0.2) is 56.6 Å². The van der Waals surface area contributed by atoms with E-state index < -0.39 is 0 Å². The molecule has 2 amide bonds. The molecule has 7 heteroatoms. The summed E-state index contributed by atoms with van der Waals surface area (Å²) in [5.74, 6) is -0.550. The Morgan fingerprint density at radius 3 is 2.36 bits per heavy atom. The fraction of sp³-hybridized carbons (Fsp3) is 0.286. The average Bonchev–Trinajstić information content (AvgIpc) is 2.74. The Hall–Kier alpha value is -3.37. The zero-order valence-corrected chi connectivity index (χ0v) is 15.7. The van der Waals surface area contributed by atoms with Crippen LogP contribution in [0.4, 0.5) is 11.4 Å². The zero-order chi connectivity index (χ0) is 19.9. The Bertz CT molecular complexity index is 866. The molecule has 1 aliphatic heterocycles. The number of nitriles is 1. The van der Waals surface area contributed by atoms with Crippen LogP contribution in [0.5, 0.6) is 0 Å². The summed E-state index contributed by atoms with van der Waals surface area (Å²) in [4.78, 5) is 28.3. The minimum Gasteiger partial charge on any atom is -0.378 e. The van der Waals surface area contributed by atoms with Crippen molar-refractivity contribution < 1.29 is 14.3 Å². The maximum Gasteiger partial charge on any atom is 0.254 e. The Morgan fingerprint density at radius 2 is 1.75 bits per heavy atom. The topological polar surface area (TPSA) is 85.7 Å². The molecule has 144 valence electrons. The lowest BCUT2D eigenvalue weighted by Crippen LogP contribution is -2.36. The highest BCUT2D eigenvalue weighted by Gasteiger charge is 2.16. The van der Waals surface area contributed by atoms with Crippen LogP contribution in [-0.2, 0) is 9.53 Å². The highest BCUT2D eigenvalue weighted by molar-refractivity contribution is 5.99. The predicted molar refractivity (Wildman–Crippen MR) is 106 cm³/mol. The smallest absolute Gasteiger partial charge is 0.254 e. The van der Waals surface area contributed by atoms with E-state index in [1.807, 2.05) is 30.3 Å². The summed E-state index contributed by atoms with van der Waals surface area (Å²) in [5.41, 5.74) is 2.69. The monoisotopic (exact) mass is 378 g/mol. The number of hydrogen-bond acceptors (Lipinski definition) is 5. The summed E-state index contributed by atoms with van der Waals surface area (Å²) < 4.78 is 5.35. The van der Waals surface area contributed by atoms with Gasteiger partial charge in [-0.1, -0.05) is 0 Å². The van der Waals surface area contributed by atoms with Gasteiger partial charge in [0, 0.05) is 37.1 Å². The minimum absolute atomic E-state index is 0.0654. The Balaban J connectivity index is 1.54. The second-order valence-corrected chi connectivity index (χ2v) is 6.54. The second kappa shape index (κ2) is 9.02. The van der Waals surface area contributed by atoms with Gasteiger partial charge in [0.1, 0.15) is 0 Å². The molecule has 7 nitrogen and oxygen atoms in total. The van der Waals surface area contributed by atoms with Crippen molar-refractivity contribution in [3.63, 3.8) is 0 Å². The van der Waals surface area contributed by atoms with Gasteiger partial charge in [-0.05, 0) is 48.5 Å². The standard InChI is InChI=1S/C21H22N4O3/c1-24(21(27)17-4-2-16(14-22)3-5-17)15-20(26)23-18-6-8-19(9-7-18)25-10-12-28-13-11-25/h2-9H,10-13,15H2,1H3,(H,23,26). The molecule has 0 aliphatic carbocycles. The number of amides is 2. The number of carbonyl (C=O) groups excluding carboxylic acids is 2. The Kier molecular flexibility index (Phi) is 6.25. The number of nitrogens with one attached hydrogen (secondary N) is 1. The van der Waals surface area contributed by atoms with Crippen molar-refractivity contribution in [1.29, 1.82) is 5.26 Å². The van der Waals surface area contributed by atoms with Gasteiger partial charge in [-0.2, -0.15) is 5.26 Å². The predicted octanol–water partition coefficient (Wildman–Crippen LogP) is 2.11. The Labute approximate surface area is 164 Å². The molecule has 0 atom stereocenters. The van der Waals surface area contributed by atoms with Gasteiger partial charge < -0.3 is 19.9 Å². The molecule has 1 aliphatic rings. The van der Waals surface area contributed by atoms with E-state index in [1.165, 1.54) is 4.90 Å². The van der Waals surface area contributed by atoms with Crippen LogP contribution in [0.2, 0.25) is 0 Å². The number of nitrogens with zero attached hydrogens (tertiary/aromatic N) is 3. The molecule has 0 unspecified atom stereocenters. The van der Waals surface area contributed by atoms with Gasteiger partial charge >= 0.3 is 0 Å². The lowest BCUT2D eigenvalue weighted by molar-refractivity contribution is -0.116. The van der Waals surface area contributed by atoms with Crippen molar-refractivity contribution in [2.45, 2.75) is 0 Å². The molecule has 1 heterocycles. The summed E-state index contributed by atoms with van der Waals surface area (Å²) in [6.07, 6.45) is 0. The van der Waals surface area contributed by atoms with E-state index in [-0.39, 0.29) is 18.4 Å². The molecule has 1 N–H and O–H groups in total. The van der Waals surface area contributed by atoms with Gasteiger partial charge in [0.05, 0.1) is 31.4 Å². The van der Waals surface area contributed by atoms with Crippen molar-refractivity contribution in [1.82, 2.24) is 4.90 Å². The van der Waals surface area contributed by atoms with Crippen LogP contribution in [0.15, 0.2) is 48.5 Å². The highest BCUT2D eigenvalue weighted by atomic mass is 16.5. The fourth-order valence-corrected chi connectivity index (χ4v) is 2.97. The number of benzene rings is 2. The molecule has 0 bridgehead atoms. The Morgan fingerprint density at radius 1 is 1.11 bits per heavy atom. The molecule has 0 radical (unpaired) electrons. The van der Waals surface area contributed by atoms with Crippen molar-refractivity contribution in [2.75, 3.05) is 50.1 Å². The van der Waals surface area contributed by atoms with Crippen molar-refractivity contribution in [3.05, 3.63) is 59.7 Å². The van der Waals surface area contributed by atoms with Crippen LogP contribution in [0, 0.1) is 11.3 Å². The average molecular weight is 378 g/mol. The molecule has 0 aromatic heterocycles. The number of hydrogen-bond donors (Lipinski definition) is 1. The first-order valence-electron chi connectivity index (χ1n) is 9.05. The molecular formula is C21H22N4O3. The van der Waals surface area contributed by atoms with Crippen LogP contribution >= 0.6 is 0 Å². The summed E-state index contributed by atoms with van der Waals surface area (Å²) in [6.45, 7) is 3.09. The number of morpholine rings is 1. The van der Waals surface area contributed by atoms with Crippen molar-refractivity contribution in [2.24, 2.45) is 0 Å². The van der Waals surface area contributed by atoms with E-state index in [9.17, 15) is 9.59 Å². The third kappa shape index (κ3) is 4.87. The third-order valence-electron chi connectivity index (χ3n) is 4.52. The van der Waals surface area contributed by atoms with Crippen molar-refractivity contribution >= 4 is 23.2 Å². The molecule has 0 spiro atoms. The third-order valence-corrected chi connectivity index (χ3v) is 4.52. The van der Waals surface area contributed by atoms with Gasteiger partial charge in [-0.25, -0.2) is 0 Å². The molecule has 3 rings (SSSR count). The quantitative estimate of drug-likeness (QED) is 0.861. The second-order valence-electron chi connectivity index (χ2n) is 6.54. The number of rotatable bonds is 5. The van der Waals surface area contributed by atoms with Crippen LogP contribution in [0.3, 0.4) is 0 Å².